The molecule has 72 valence electrons. The van der Waals surface area contributed by atoms with E-state index in [1.54, 1.807) is 6.33 Å². The zero-order valence-electron chi connectivity index (χ0n) is 7.19. The molecule has 0 spiro atoms. The molecule has 0 aliphatic carbocycles. The minimum atomic E-state index is 0.336. The molecular formula is C9H7Cl2N3. The van der Waals surface area contributed by atoms with Gasteiger partial charge in [0.25, 0.3) is 0 Å². The summed E-state index contributed by atoms with van der Waals surface area (Å²) >= 11 is 11.5. The quantitative estimate of drug-likeness (QED) is 0.739. The van der Waals surface area contributed by atoms with Crippen molar-refractivity contribution >= 4 is 23.2 Å². The molecule has 14 heavy (non-hydrogen) atoms. The lowest BCUT2D eigenvalue weighted by molar-refractivity contribution is 0.951. The summed E-state index contributed by atoms with van der Waals surface area (Å²) in [5.41, 5.74) is 0.954. The summed E-state index contributed by atoms with van der Waals surface area (Å²) in [6.45, 7) is 0. The van der Waals surface area contributed by atoms with Gasteiger partial charge in [0.1, 0.15) is 6.33 Å². The van der Waals surface area contributed by atoms with E-state index in [0.29, 0.717) is 16.7 Å². The van der Waals surface area contributed by atoms with Gasteiger partial charge in [-0.2, -0.15) is 0 Å². The van der Waals surface area contributed by atoms with Crippen LogP contribution < -0.4 is 0 Å². The lowest BCUT2D eigenvalue weighted by Gasteiger charge is -2.03. The maximum atomic E-state index is 5.78. The monoisotopic (exact) mass is 227 g/mol. The van der Waals surface area contributed by atoms with Crippen LogP contribution >= 0.6 is 23.2 Å². The first kappa shape index (κ1) is 9.49. The SMILES string of the molecule is ClCc1nncn1-c1ccc(Cl)cc1. The van der Waals surface area contributed by atoms with Crippen molar-refractivity contribution in [1.82, 2.24) is 14.8 Å². The predicted octanol–water partition coefficient (Wildman–Crippen LogP) is 2.66. The van der Waals surface area contributed by atoms with Gasteiger partial charge in [-0.1, -0.05) is 11.6 Å². The number of rotatable bonds is 2. The third-order valence-corrected chi connectivity index (χ3v) is 2.33. The van der Waals surface area contributed by atoms with E-state index in [9.17, 15) is 0 Å². The van der Waals surface area contributed by atoms with E-state index >= 15 is 0 Å². The molecule has 0 aliphatic heterocycles. The normalized spacial score (nSPS) is 10.4. The van der Waals surface area contributed by atoms with Gasteiger partial charge in [-0.3, -0.25) is 4.57 Å². The summed E-state index contributed by atoms with van der Waals surface area (Å²) in [6, 6.07) is 7.41. The molecule has 3 nitrogen and oxygen atoms in total. The smallest absolute Gasteiger partial charge is 0.152 e. The molecule has 0 fully saturated rings. The van der Waals surface area contributed by atoms with Crippen molar-refractivity contribution < 1.29 is 0 Å². The third-order valence-electron chi connectivity index (χ3n) is 1.84. The predicted molar refractivity (Wildman–Crippen MR) is 55.9 cm³/mol. The number of alkyl halides is 1. The molecule has 1 heterocycles. The molecule has 2 rings (SSSR count). The molecule has 0 radical (unpaired) electrons. The van der Waals surface area contributed by atoms with Crippen LogP contribution in [0.25, 0.3) is 5.69 Å². The molecule has 2 aromatic rings. The first-order chi connectivity index (χ1) is 6.81. The number of benzene rings is 1. The van der Waals surface area contributed by atoms with Gasteiger partial charge in [-0.25, -0.2) is 0 Å². The van der Waals surface area contributed by atoms with Crippen LogP contribution in [0.2, 0.25) is 5.02 Å². The highest BCUT2D eigenvalue weighted by atomic mass is 35.5. The van der Waals surface area contributed by atoms with Crippen LogP contribution in [0.5, 0.6) is 0 Å². The fourth-order valence-electron chi connectivity index (χ4n) is 1.17. The van der Waals surface area contributed by atoms with Crippen molar-refractivity contribution in [2.24, 2.45) is 0 Å². The van der Waals surface area contributed by atoms with Gasteiger partial charge >= 0.3 is 0 Å². The summed E-state index contributed by atoms with van der Waals surface area (Å²) in [4.78, 5) is 0. The summed E-state index contributed by atoms with van der Waals surface area (Å²) in [5.74, 6) is 1.05. The second-order valence-corrected chi connectivity index (χ2v) is 3.43. The molecule has 0 unspecified atom stereocenters. The Kier molecular flexibility index (Phi) is 2.70. The molecule has 0 amide bonds. The second-order valence-electron chi connectivity index (χ2n) is 2.73. The van der Waals surface area contributed by atoms with E-state index < -0.39 is 0 Å². The van der Waals surface area contributed by atoms with Crippen molar-refractivity contribution in [2.75, 3.05) is 0 Å². The maximum absolute atomic E-state index is 5.78. The number of hydrogen-bond acceptors (Lipinski definition) is 2. The number of aromatic nitrogens is 3. The Bertz CT molecular complexity index is 422. The van der Waals surface area contributed by atoms with Crippen LogP contribution in [0.1, 0.15) is 5.82 Å². The average Bonchev–Trinajstić information content (AvgIpc) is 2.67. The van der Waals surface area contributed by atoms with Gasteiger partial charge in [0.15, 0.2) is 5.82 Å². The largest absolute Gasteiger partial charge is 0.285 e. The average molecular weight is 228 g/mol. The van der Waals surface area contributed by atoms with E-state index in [-0.39, 0.29) is 0 Å². The molecule has 0 N–H and O–H groups in total. The third kappa shape index (κ3) is 1.74. The topological polar surface area (TPSA) is 30.7 Å². The Hall–Kier alpha value is -1.06. The van der Waals surface area contributed by atoms with Crippen LogP contribution in [0, 0.1) is 0 Å². The summed E-state index contributed by atoms with van der Waals surface area (Å²) in [6.07, 6.45) is 1.63. The first-order valence-electron chi connectivity index (χ1n) is 4.02. The maximum Gasteiger partial charge on any atom is 0.152 e. The van der Waals surface area contributed by atoms with Crippen molar-refractivity contribution in [3.63, 3.8) is 0 Å². The Morgan fingerprint density at radius 1 is 1.21 bits per heavy atom. The Morgan fingerprint density at radius 2 is 1.93 bits per heavy atom. The molecule has 0 atom stereocenters. The number of halogens is 2. The van der Waals surface area contributed by atoms with E-state index in [2.05, 4.69) is 10.2 Å². The van der Waals surface area contributed by atoms with Crippen LogP contribution in [-0.2, 0) is 5.88 Å². The Morgan fingerprint density at radius 3 is 2.57 bits per heavy atom. The van der Waals surface area contributed by atoms with Gasteiger partial charge in [-0.15, -0.1) is 21.8 Å². The van der Waals surface area contributed by atoms with Crippen LogP contribution in [0.15, 0.2) is 30.6 Å². The summed E-state index contributed by atoms with van der Waals surface area (Å²) in [5, 5.41) is 8.37. The molecule has 0 saturated carbocycles. The summed E-state index contributed by atoms with van der Waals surface area (Å²) < 4.78 is 1.82. The van der Waals surface area contributed by atoms with Crippen molar-refractivity contribution in [2.45, 2.75) is 5.88 Å². The molecule has 0 saturated heterocycles. The highest BCUT2D eigenvalue weighted by molar-refractivity contribution is 6.30. The Balaban J connectivity index is 2.44. The standard InChI is InChI=1S/C9H7Cl2N3/c10-5-9-13-12-6-14(9)8-3-1-7(11)2-4-8/h1-4,6H,5H2. The van der Waals surface area contributed by atoms with Crippen LogP contribution in [-0.4, -0.2) is 14.8 Å². The molecule has 1 aromatic heterocycles. The summed E-state index contributed by atoms with van der Waals surface area (Å²) in [7, 11) is 0. The van der Waals surface area contributed by atoms with E-state index in [4.69, 9.17) is 23.2 Å². The van der Waals surface area contributed by atoms with Gasteiger partial charge in [0.2, 0.25) is 0 Å². The highest BCUT2D eigenvalue weighted by Crippen LogP contribution is 2.14. The van der Waals surface area contributed by atoms with Crippen molar-refractivity contribution in [3.8, 4) is 5.69 Å². The van der Waals surface area contributed by atoms with Gasteiger partial charge in [-0.05, 0) is 24.3 Å². The lowest BCUT2D eigenvalue weighted by Crippen LogP contribution is -1.97. The zero-order valence-corrected chi connectivity index (χ0v) is 8.70. The van der Waals surface area contributed by atoms with Crippen LogP contribution in [0.3, 0.4) is 0 Å². The number of hydrogen-bond donors (Lipinski definition) is 0. The van der Waals surface area contributed by atoms with Crippen LogP contribution in [0.4, 0.5) is 0 Å². The van der Waals surface area contributed by atoms with Crippen molar-refractivity contribution in [3.05, 3.63) is 41.4 Å². The van der Waals surface area contributed by atoms with Crippen molar-refractivity contribution in [1.29, 1.82) is 0 Å². The minimum absolute atomic E-state index is 0.336. The fraction of sp³-hybridized carbons (Fsp3) is 0.111. The molecule has 0 aliphatic rings. The fourth-order valence-corrected chi connectivity index (χ4v) is 1.48. The lowest BCUT2D eigenvalue weighted by atomic mass is 10.3. The minimum Gasteiger partial charge on any atom is -0.285 e. The van der Waals surface area contributed by atoms with Gasteiger partial charge in [0, 0.05) is 10.7 Å². The Labute approximate surface area is 91.3 Å². The first-order valence-corrected chi connectivity index (χ1v) is 4.93. The van der Waals surface area contributed by atoms with E-state index in [1.165, 1.54) is 0 Å². The highest BCUT2D eigenvalue weighted by Gasteiger charge is 2.03. The van der Waals surface area contributed by atoms with E-state index in [1.807, 2.05) is 28.8 Å². The zero-order chi connectivity index (χ0) is 9.97. The second kappa shape index (κ2) is 3.98. The molecule has 0 bridgehead atoms. The van der Waals surface area contributed by atoms with E-state index in [0.717, 1.165) is 5.69 Å². The molecular weight excluding hydrogens is 221 g/mol. The number of nitrogens with zero attached hydrogens (tertiary/aromatic N) is 3. The molecule has 1 aromatic carbocycles. The van der Waals surface area contributed by atoms with Gasteiger partial charge in [0.05, 0.1) is 5.88 Å². The van der Waals surface area contributed by atoms with Gasteiger partial charge < -0.3 is 0 Å². The molecule has 5 heteroatoms.